The molecule has 5 rings (SSSR count). The van der Waals surface area contributed by atoms with Crippen LogP contribution >= 0.6 is 0 Å². The molecule has 2 aromatic carbocycles. The third-order valence-corrected chi connectivity index (χ3v) is 9.26. The summed E-state index contributed by atoms with van der Waals surface area (Å²) in [5.74, 6) is -3.75. The molecule has 5 atom stereocenters. The van der Waals surface area contributed by atoms with Crippen LogP contribution < -0.4 is 26.0 Å². The average Bonchev–Trinajstić information content (AvgIpc) is 3.73. The Balaban J connectivity index is 1.40. The molecular formula is C35H43N7O8. The number of hydrogen-bond donors (Lipinski definition) is 5. The second-order valence-electron chi connectivity index (χ2n) is 12.9. The lowest BCUT2D eigenvalue weighted by atomic mass is 9.96. The van der Waals surface area contributed by atoms with E-state index >= 15 is 0 Å². The molecule has 15 heteroatoms. The molecule has 2 aliphatic rings. The van der Waals surface area contributed by atoms with Crippen molar-refractivity contribution < 1.29 is 38.6 Å². The van der Waals surface area contributed by atoms with Gasteiger partial charge in [-0.25, -0.2) is 9.78 Å². The van der Waals surface area contributed by atoms with Crippen molar-refractivity contribution in [2.75, 3.05) is 20.2 Å². The molecule has 2 fully saturated rings. The van der Waals surface area contributed by atoms with E-state index in [1.807, 2.05) is 36.4 Å². The molecule has 266 valence electrons. The maximum atomic E-state index is 14.3. The van der Waals surface area contributed by atoms with Crippen LogP contribution in [0.15, 0.2) is 48.9 Å². The molecule has 0 radical (unpaired) electrons. The number of fused-ring (bicyclic) bond motifs is 2. The van der Waals surface area contributed by atoms with E-state index in [-0.39, 0.29) is 43.8 Å². The second-order valence-corrected chi connectivity index (χ2v) is 12.9. The van der Waals surface area contributed by atoms with Crippen LogP contribution in [0.3, 0.4) is 0 Å². The van der Waals surface area contributed by atoms with Crippen molar-refractivity contribution in [1.29, 1.82) is 0 Å². The Hall–Kier alpha value is -5.47. The number of methoxy groups -OCH3 is 1. The van der Waals surface area contributed by atoms with Crippen LogP contribution in [0.25, 0.3) is 10.8 Å². The van der Waals surface area contributed by atoms with Crippen molar-refractivity contribution >= 4 is 46.3 Å². The van der Waals surface area contributed by atoms with E-state index in [1.165, 1.54) is 17.4 Å². The van der Waals surface area contributed by atoms with Gasteiger partial charge in [0, 0.05) is 38.8 Å². The standard InChI is InChI=1S/C35H43N7O8/c1-20(21-7-8-23-15-25(50-3)10-9-22(23)14-21)31(44)39-26-6-4-5-13-36-30(43)12-11-27(35(48)49)40-33(46)29-16-24(17-42(29)34(26)47)38-32(45)28-18-41(2)19-37-28/h7-10,14-15,18-20,24,26-27,29H,4-6,11-13,16-17H2,1-3H3,(H,36,43)(H,38,45)(H,39,44)(H,40,46)(H,48,49)/t20-,24+,26-,27-,29-/m0/s1. The highest BCUT2D eigenvalue weighted by atomic mass is 16.5. The van der Waals surface area contributed by atoms with Gasteiger partial charge in [-0.2, -0.15) is 0 Å². The molecule has 1 aromatic heterocycles. The number of carboxylic acids is 1. The highest BCUT2D eigenvalue weighted by Gasteiger charge is 2.43. The first kappa shape index (κ1) is 35.8. The van der Waals surface area contributed by atoms with Crippen LogP contribution in [0.2, 0.25) is 0 Å². The molecule has 2 saturated heterocycles. The van der Waals surface area contributed by atoms with E-state index in [2.05, 4.69) is 26.3 Å². The normalized spacial score (nSPS) is 22.7. The van der Waals surface area contributed by atoms with Crippen LogP contribution in [-0.2, 0) is 31.0 Å². The summed E-state index contributed by atoms with van der Waals surface area (Å²) in [6.45, 7) is 1.99. The molecule has 0 spiro atoms. The van der Waals surface area contributed by atoms with E-state index in [4.69, 9.17) is 4.74 Å². The fraction of sp³-hybridized carbons (Fsp3) is 0.457. The number of benzene rings is 2. The van der Waals surface area contributed by atoms with Gasteiger partial charge in [0.15, 0.2) is 0 Å². The summed E-state index contributed by atoms with van der Waals surface area (Å²) in [6.07, 6.45) is 3.93. The summed E-state index contributed by atoms with van der Waals surface area (Å²) in [6, 6.07) is 7.07. The highest BCUT2D eigenvalue weighted by Crippen LogP contribution is 2.26. The van der Waals surface area contributed by atoms with Gasteiger partial charge in [-0.15, -0.1) is 0 Å². The van der Waals surface area contributed by atoms with Crippen LogP contribution in [0.1, 0.15) is 67.4 Å². The molecule has 0 saturated carbocycles. The van der Waals surface area contributed by atoms with Gasteiger partial charge >= 0.3 is 5.97 Å². The predicted octanol–water partition coefficient (Wildman–Crippen LogP) is 1.22. The average molecular weight is 690 g/mol. The maximum Gasteiger partial charge on any atom is 0.326 e. The molecule has 0 aliphatic carbocycles. The van der Waals surface area contributed by atoms with Gasteiger partial charge in [0.2, 0.25) is 23.6 Å². The Bertz CT molecular complexity index is 1770. The number of imidazole rings is 1. The summed E-state index contributed by atoms with van der Waals surface area (Å²) in [5.41, 5.74) is 0.895. The predicted molar refractivity (Wildman–Crippen MR) is 181 cm³/mol. The van der Waals surface area contributed by atoms with E-state index in [0.29, 0.717) is 25.1 Å². The minimum Gasteiger partial charge on any atom is -0.497 e. The molecule has 5 N–H and O–H groups in total. The highest BCUT2D eigenvalue weighted by molar-refractivity contribution is 5.96. The number of aromatic nitrogens is 2. The molecular weight excluding hydrogens is 646 g/mol. The third kappa shape index (κ3) is 8.57. The molecule has 3 aromatic rings. The summed E-state index contributed by atoms with van der Waals surface area (Å²) in [7, 11) is 3.31. The van der Waals surface area contributed by atoms with Crippen LogP contribution in [0.4, 0.5) is 0 Å². The molecule has 0 unspecified atom stereocenters. The lowest BCUT2D eigenvalue weighted by Gasteiger charge is -2.30. The maximum absolute atomic E-state index is 14.3. The van der Waals surface area contributed by atoms with Gasteiger partial charge < -0.3 is 40.6 Å². The Morgan fingerprint density at radius 1 is 1.04 bits per heavy atom. The first-order valence-corrected chi connectivity index (χ1v) is 16.7. The number of carbonyl (C=O) groups is 6. The van der Waals surface area contributed by atoms with Crippen LogP contribution in [0, 0.1) is 0 Å². The SMILES string of the molecule is COc1ccc2cc([C@H](C)C(=O)N[C@H]3CCCCNC(=O)CC[C@@H](C(=O)O)NC(=O)[C@@H]4C[C@@H](NC(=O)c5cn(C)cn5)CN4C3=O)ccc2c1. The smallest absolute Gasteiger partial charge is 0.326 e. The quantitative estimate of drug-likeness (QED) is 0.242. The molecule has 15 nitrogen and oxygen atoms in total. The molecule has 5 amide bonds. The van der Waals surface area contributed by atoms with Crippen molar-refractivity contribution in [3.05, 3.63) is 60.2 Å². The van der Waals surface area contributed by atoms with Crippen LogP contribution in [0.5, 0.6) is 5.75 Å². The number of aliphatic carboxylic acids is 1. The number of nitrogens with zero attached hydrogens (tertiary/aromatic N) is 3. The summed E-state index contributed by atoms with van der Waals surface area (Å²) in [4.78, 5) is 84.5. The van der Waals surface area contributed by atoms with Gasteiger partial charge in [-0.05, 0) is 67.5 Å². The zero-order valence-electron chi connectivity index (χ0n) is 28.3. The number of hydrogen-bond acceptors (Lipinski definition) is 8. The van der Waals surface area contributed by atoms with E-state index < -0.39 is 59.7 Å². The number of rotatable bonds is 7. The Morgan fingerprint density at radius 2 is 1.80 bits per heavy atom. The fourth-order valence-electron chi connectivity index (χ4n) is 6.36. The molecule has 0 bridgehead atoms. The minimum atomic E-state index is -1.38. The number of ether oxygens (including phenoxy) is 1. The number of nitrogens with one attached hydrogen (secondary N) is 4. The van der Waals surface area contributed by atoms with Crippen molar-refractivity contribution in [2.24, 2.45) is 7.05 Å². The molecule has 3 heterocycles. The number of aryl methyl sites for hydroxylation is 1. The van der Waals surface area contributed by atoms with E-state index in [9.17, 15) is 33.9 Å². The van der Waals surface area contributed by atoms with E-state index in [1.54, 1.807) is 25.6 Å². The van der Waals surface area contributed by atoms with Crippen molar-refractivity contribution in [3.63, 3.8) is 0 Å². The van der Waals surface area contributed by atoms with Gasteiger partial charge in [0.1, 0.15) is 29.6 Å². The summed E-state index contributed by atoms with van der Waals surface area (Å²) in [5, 5.41) is 22.6. The van der Waals surface area contributed by atoms with Gasteiger partial charge in [-0.3, -0.25) is 24.0 Å². The van der Waals surface area contributed by atoms with Crippen molar-refractivity contribution in [2.45, 2.75) is 75.5 Å². The lowest BCUT2D eigenvalue weighted by Crippen LogP contribution is -2.55. The largest absolute Gasteiger partial charge is 0.497 e. The van der Waals surface area contributed by atoms with Gasteiger partial charge in [-0.1, -0.05) is 24.3 Å². The monoisotopic (exact) mass is 689 g/mol. The topological polar surface area (TPSA) is 201 Å². The number of carbonyl (C=O) groups excluding carboxylic acids is 5. The zero-order chi connectivity index (χ0) is 35.9. The first-order chi connectivity index (χ1) is 23.9. The number of carboxylic acid groups (broad SMARTS) is 1. The number of amides is 5. The molecule has 2 aliphatic heterocycles. The Kier molecular flexibility index (Phi) is 11.3. The van der Waals surface area contributed by atoms with Crippen LogP contribution in [-0.4, -0.2) is 99.4 Å². The summed E-state index contributed by atoms with van der Waals surface area (Å²) >= 11 is 0. The third-order valence-electron chi connectivity index (χ3n) is 9.26. The Morgan fingerprint density at radius 3 is 2.52 bits per heavy atom. The Labute approximate surface area is 289 Å². The van der Waals surface area contributed by atoms with E-state index in [0.717, 1.165) is 16.3 Å². The van der Waals surface area contributed by atoms with Gasteiger partial charge in [0.05, 0.1) is 19.4 Å². The van der Waals surface area contributed by atoms with Crippen molar-refractivity contribution in [3.8, 4) is 5.75 Å². The minimum absolute atomic E-state index is 0.00190. The van der Waals surface area contributed by atoms with Gasteiger partial charge in [0.25, 0.3) is 5.91 Å². The fourth-order valence-corrected chi connectivity index (χ4v) is 6.36. The van der Waals surface area contributed by atoms with Crippen molar-refractivity contribution in [1.82, 2.24) is 35.7 Å². The summed E-state index contributed by atoms with van der Waals surface area (Å²) < 4.78 is 6.92. The second kappa shape index (κ2) is 15.8. The zero-order valence-corrected chi connectivity index (χ0v) is 28.3. The molecule has 50 heavy (non-hydrogen) atoms. The lowest BCUT2D eigenvalue weighted by molar-refractivity contribution is -0.145. The first-order valence-electron chi connectivity index (χ1n) is 16.7.